The maximum absolute atomic E-state index is 13.2. The highest BCUT2D eigenvalue weighted by atomic mass is 32.2. The summed E-state index contributed by atoms with van der Waals surface area (Å²) in [4.78, 5) is 25.4. The van der Waals surface area contributed by atoms with Crippen LogP contribution in [0.4, 0.5) is 11.4 Å². The number of hydrogen-bond donors (Lipinski definition) is 2. The van der Waals surface area contributed by atoms with Crippen LogP contribution in [-0.2, 0) is 9.59 Å². The number of thioether (sulfide) groups is 1. The first-order valence-electron chi connectivity index (χ1n) is 9.68. The molecule has 0 saturated carbocycles. The van der Waals surface area contributed by atoms with Crippen molar-refractivity contribution in [2.75, 3.05) is 17.2 Å². The highest BCUT2D eigenvalue weighted by Crippen LogP contribution is 2.37. The molecule has 0 aromatic heterocycles. The first kappa shape index (κ1) is 21.5. The van der Waals surface area contributed by atoms with E-state index in [0.29, 0.717) is 18.0 Å². The van der Waals surface area contributed by atoms with Gasteiger partial charge >= 0.3 is 0 Å². The van der Waals surface area contributed by atoms with Crippen LogP contribution in [-0.4, -0.2) is 18.4 Å². The Morgan fingerprint density at radius 2 is 1.63 bits per heavy atom. The fraction of sp³-hybridized carbons (Fsp3) is 0.167. The van der Waals surface area contributed by atoms with Gasteiger partial charge in [0.05, 0.1) is 6.61 Å². The van der Waals surface area contributed by atoms with Crippen LogP contribution in [0.5, 0.6) is 5.75 Å². The number of hydrogen-bond acceptors (Lipinski definition) is 4. The van der Waals surface area contributed by atoms with Crippen LogP contribution in [0.25, 0.3) is 0 Å². The maximum atomic E-state index is 13.2. The van der Waals surface area contributed by atoms with Gasteiger partial charge in [0.1, 0.15) is 11.0 Å². The van der Waals surface area contributed by atoms with Gasteiger partial charge in [-0.25, -0.2) is 0 Å². The molecule has 0 aliphatic heterocycles. The molecule has 2 N–H and O–H groups in total. The van der Waals surface area contributed by atoms with Crippen molar-refractivity contribution in [1.82, 2.24) is 0 Å². The lowest BCUT2D eigenvalue weighted by Crippen LogP contribution is -2.19. The van der Waals surface area contributed by atoms with E-state index < -0.39 is 5.25 Å². The van der Waals surface area contributed by atoms with E-state index in [0.717, 1.165) is 16.2 Å². The summed E-state index contributed by atoms with van der Waals surface area (Å²) in [6.45, 7) is 3.99. The van der Waals surface area contributed by atoms with Gasteiger partial charge in [0.15, 0.2) is 0 Å². The number of carbonyl (C=O) groups excluding carboxylic acids is 2. The van der Waals surface area contributed by atoms with Crippen molar-refractivity contribution in [3.05, 3.63) is 84.4 Å². The molecule has 154 valence electrons. The highest BCUT2D eigenvalue weighted by Gasteiger charge is 2.22. The minimum Gasteiger partial charge on any atom is -0.494 e. The maximum Gasteiger partial charge on any atom is 0.242 e. The van der Waals surface area contributed by atoms with Crippen LogP contribution < -0.4 is 15.4 Å². The van der Waals surface area contributed by atoms with E-state index in [2.05, 4.69) is 10.6 Å². The molecule has 0 heterocycles. The largest absolute Gasteiger partial charge is 0.494 e. The Labute approximate surface area is 180 Å². The molecule has 5 nitrogen and oxygen atoms in total. The van der Waals surface area contributed by atoms with Crippen molar-refractivity contribution in [2.45, 2.75) is 24.0 Å². The molecule has 0 spiro atoms. The number of anilines is 2. The van der Waals surface area contributed by atoms with E-state index in [1.165, 1.54) is 18.7 Å². The van der Waals surface area contributed by atoms with Crippen LogP contribution in [0.2, 0.25) is 0 Å². The summed E-state index contributed by atoms with van der Waals surface area (Å²) in [6.07, 6.45) is 0. The molecule has 0 radical (unpaired) electrons. The van der Waals surface area contributed by atoms with Crippen molar-refractivity contribution in [3.8, 4) is 5.75 Å². The van der Waals surface area contributed by atoms with Crippen LogP contribution >= 0.6 is 11.8 Å². The Kier molecular flexibility index (Phi) is 7.51. The van der Waals surface area contributed by atoms with Gasteiger partial charge in [-0.1, -0.05) is 36.4 Å². The van der Waals surface area contributed by atoms with Gasteiger partial charge in [0.2, 0.25) is 11.8 Å². The zero-order chi connectivity index (χ0) is 21.3. The van der Waals surface area contributed by atoms with Crippen molar-refractivity contribution < 1.29 is 14.3 Å². The molecule has 0 aliphatic carbocycles. The minimum absolute atomic E-state index is 0.125. The Morgan fingerprint density at radius 3 is 2.30 bits per heavy atom. The van der Waals surface area contributed by atoms with Crippen molar-refractivity contribution in [2.24, 2.45) is 0 Å². The monoisotopic (exact) mass is 420 g/mol. The first-order valence-corrected chi connectivity index (χ1v) is 10.6. The van der Waals surface area contributed by atoms with Crippen LogP contribution in [0.3, 0.4) is 0 Å². The van der Waals surface area contributed by atoms with Gasteiger partial charge in [0.25, 0.3) is 0 Å². The Balaban J connectivity index is 1.80. The number of nitrogens with one attached hydrogen (secondary N) is 2. The molecule has 30 heavy (non-hydrogen) atoms. The first-order chi connectivity index (χ1) is 14.5. The quantitative estimate of drug-likeness (QED) is 0.471. The number of ether oxygens (including phenoxy) is 1. The highest BCUT2D eigenvalue weighted by molar-refractivity contribution is 8.00. The molecule has 0 aliphatic rings. The van der Waals surface area contributed by atoms with E-state index in [1.807, 2.05) is 85.8 Å². The lowest BCUT2D eigenvalue weighted by atomic mass is 10.1. The predicted molar refractivity (Wildman–Crippen MR) is 122 cm³/mol. The summed E-state index contributed by atoms with van der Waals surface area (Å²) in [5.74, 6) is 0.504. The fourth-order valence-corrected chi connectivity index (χ4v) is 3.98. The predicted octanol–water partition coefficient (Wildman–Crippen LogP) is 5.52. The van der Waals surface area contributed by atoms with E-state index in [9.17, 15) is 9.59 Å². The molecule has 3 aromatic carbocycles. The molecule has 6 heteroatoms. The van der Waals surface area contributed by atoms with Crippen LogP contribution in [0.15, 0.2) is 83.8 Å². The summed E-state index contributed by atoms with van der Waals surface area (Å²) in [5.41, 5.74) is 2.30. The van der Waals surface area contributed by atoms with E-state index >= 15 is 0 Å². The van der Waals surface area contributed by atoms with Gasteiger partial charge in [-0.3, -0.25) is 9.59 Å². The molecule has 3 rings (SSSR count). The van der Waals surface area contributed by atoms with E-state index in [-0.39, 0.29) is 11.8 Å². The lowest BCUT2D eigenvalue weighted by Gasteiger charge is -2.18. The Morgan fingerprint density at radius 1 is 0.900 bits per heavy atom. The number of benzene rings is 3. The fourth-order valence-electron chi connectivity index (χ4n) is 2.90. The topological polar surface area (TPSA) is 67.4 Å². The van der Waals surface area contributed by atoms with Crippen molar-refractivity contribution >= 4 is 35.0 Å². The average molecular weight is 421 g/mol. The van der Waals surface area contributed by atoms with Crippen LogP contribution in [0, 0.1) is 0 Å². The molecule has 0 saturated heterocycles. The second kappa shape index (κ2) is 10.5. The molecule has 1 atom stereocenters. The van der Waals surface area contributed by atoms with Gasteiger partial charge in [-0.2, -0.15) is 0 Å². The number of amides is 2. The van der Waals surface area contributed by atoms with Gasteiger partial charge in [0, 0.05) is 23.2 Å². The number of rotatable bonds is 8. The summed E-state index contributed by atoms with van der Waals surface area (Å²) < 4.78 is 5.45. The second-order valence-corrected chi connectivity index (χ2v) is 7.74. The zero-order valence-corrected chi connectivity index (χ0v) is 17.7. The molecule has 0 fully saturated rings. The second-order valence-electron chi connectivity index (χ2n) is 6.56. The normalized spacial score (nSPS) is 11.4. The van der Waals surface area contributed by atoms with E-state index in [1.54, 1.807) is 0 Å². The molecule has 3 aromatic rings. The average Bonchev–Trinajstić information content (AvgIpc) is 2.74. The zero-order valence-electron chi connectivity index (χ0n) is 16.9. The third kappa shape index (κ3) is 6.12. The molecule has 2 amide bonds. The summed E-state index contributed by atoms with van der Waals surface area (Å²) >= 11 is 1.43. The number of carbonyl (C=O) groups is 2. The standard InChI is InChI=1S/C24H24N2O3S/c1-3-29-21-14-12-19(13-15-21)26-24(28)23(18-8-5-4-6-9-18)30-22-11-7-10-20(16-22)25-17(2)27/h4-16,23H,3H2,1-2H3,(H,25,27)(H,26,28). The van der Waals surface area contributed by atoms with E-state index in [4.69, 9.17) is 4.74 Å². The summed E-state index contributed by atoms with van der Waals surface area (Å²) in [5, 5.41) is 5.32. The van der Waals surface area contributed by atoms with Crippen molar-refractivity contribution in [1.29, 1.82) is 0 Å². The summed E-state index contributed by atoms with van der Waals surface area (Å²) in [7, 11) is 0. The molecular formula is C24H24N2O3S. The smallest absolute Gasteiger partial charge is 0.242 e. The third-order valence-electron chi connectivity index (χ3n) is 4.18. The Hall–Kier alpha value is -3.25. The van der Waals surface area contributed by atoms with Crippen molar-refractivity contribution in [3.63, 3.8) is 0 Å². The SMILES string of the molecule is CCOc1ccc(NC(=O)C(Sc2cccc(NC(C)=O)c2)c2ccccc2)cc1. The molecule has 1 unspecified atom stereocenters. The third-order valence-corrected chi connectivity index (χ3v) is 5.43. The lowest BCUT2D eigenvalue weighted by molar-refractivity contribution is -0.116. The van der Waals surface area contributed by atoms with Gasteiger partial charge in [-0.15, -0.1) is 11.8 Å². The Bertz CT molecular complexity index is 991. The molecule has 0 bridgehead atoms. The van der Waals surface area contributed by atoms with Gasteiger partial charge in [-0.05, 0) is 55.0 Å². The van der Waals surface area contributed by atoms with Gasteiger partial charge < -0.3 is 15.4 Å². The summed E-state index contributed by atoms with van der Waals surface area (Å²) in [6, 6.07) is 24.4. The minimum atomic E-state index is -0.453. The molecular weight excluding hydrogens is 396 g/mol. The van der Waals surface area contributed by atoms with Crippen LogP contribution in [0.1, 0.15) is 24.7 Å².